The molecule has 5 rings (SSSR count). The smallest absolute Gasteiger partial charge is 0.266 e. The van der Waals surface area contributed by atoms with E-state index in [4.69, 9.17) is 9.57 Å². The number of sulfonamides is 1. The number of pyridine rings is 1. The number of likely N-dealkylation sites (N-methyl/N-ethyl adjacent to an activating group) is 1. The van der Waals surface area contributed by atoms with E-state index in [-0.39, 0.29) is 17.5 Å². The summed E-state index contributed by atoms with van der Waals surface area (Å²) in [6.07, 6.45) is 4.24. The number of likely N-dealkylation sites (tertiary alicyclic amines) is 1. The van der Waals surface area contributed by atoms with E-state index in [2.05, 4.69) is 10.5 Å². The highest BCUT2D eigenvalue weighted by Gasteiger charge is 2.60. The first-order chi connectivity index (χ1) is 16.8. The Morgan fingerprint density at radius 2 is 2.11 bits per heavy atom. The zero-order chi connectivity index (χ0) is 24.6. The van der Waals surface area contributed by atoms with Gasteiger partial charge in [-0.15, -0.1) is 0 Å². The molecule has 3 aliphatic heterocycles. The van der Waals surface area contributed by atoms with Crippen molar-refractivity contribution in [1.29, 1.82) is 0 Å². The van der Waals surface area contributed by atoms with E-state index < -0.39 is 33.6 Å². The van der Waals surface area contributed by atoms with Gasteiger partial charge in [-0.25, -0.2) is 23.1 Å². The summed E-state index contributed by atoms with van der Waals surface area (Å²) in [5.41, 5.74) is 2.21. The lowest BCUT2D eigenvalue weighted by atomic mass is 9.96. The number of aromatic nitrogens is 1. The number of rotatable bonds is 6. The van der Waals surface area contributed by atoms with Gasteiger partial charge in [0.15, 0.2) is 6.29 Å². The molecule has 11 heteroatoms. The van der Waals surface area contributed by atoms with Crippen molar-refractivity contribution in [1.82, 2.24) is 19.7 Å². The molecule has 0 aliphatic carbocycles. The molecule has 9 nitrogen and oxygen atoms in total. The molecule has 0 spiro atoms. The molecule has 0 radical (unpaired) electrons. The van der Waals surface area contributed by atoms with Crippen LogP contribution in [0.2, 0.25) is 0 Å². The minimum absolute atomic E-state index is 0.0113. The van der Waals surface area contributed by atoms with Gasteiger partial charge in [-0.1, -0.05) is 12.1 Å². The van der Waals surface area contributed by atoms with Gasteiger partial charge in [0, 0.05) is 43.9 Å². The Hall–Kier alpha value is -2.44. The zero-order valence-corrected chi connectivity index (χ0v) is 20.3. The molecule has 1 N–H and O–H groups in total. The lowest BCUT2D eigenvalue weighted by Gasteiger charge is -2.45. The summed E-state index contributed by atoms with van der Waals surface area (Å²) in [7, 11) is -2.17. The lowest BCUT2D eigenvalue weighted by molar-refractivity contribution is -0.205. The molecular weight excluding hydrogens is 475 g/mol. The fraction of sp³-hybridized carbons (Fsp3) is 0.500. The number of fused-ring (bicyclic) bond motifs is 2. The zero-order valence-electron chi connectivity index (χ0n) is 19.5. The van der Waals surface area contributed by atoms with Gasteiger partial charge in [0.2, 0.25) is 10.0 Å². The maximum absolute atomic E-state index is 13.8. The molecule has 3 fully saturated rings. The Balaban J connectivity index is 1.41. The van der Waals surface area contributed by atoms with Gasteiger partial charge < -0.3 is 9.64 Å². The summed E-state index contributed by atoms with van der Waals surface area (Å²) in [5, 5.41) is 0. The maximum atomic E-state index is 13.8. The third-order valence-corrected chi connectivity index (χ3v) is 8.96. The highest BCUT2D eigenvalue weighted by molar-refractivity contribution is 7.89. The normalized spacial score (nSPS) is 27.6. The second-order valence-electron chi connectivity index (χ2n) is 9.46. The number of hydrogen-bond acceptors (Lipinski definition) is 7. The molecule has 3 aliphatic rings. The fourth-order valence-corrected chi connectivity index (χ4v) is 7.27. The summed E-state index contributed by atoms with van der Waals surface area (Å²) in [6, 6.07) is 8.61. The van der Waals surface area contributed by atoms with Crippen LogP contribution >= 0.6 is 0 Å². The first kappa shape index (κ1) is 24.3. The standard InChI is InChI=1S/C24H29FN4O5S/c1-28-15-19-10-11-24(16-28,23(30)27-34-22-7-2-3-12-33-22)29(19)35(31,32)20-8-9-21(26-14-20)17-5-4-6-18(25)13-17/h4-6,8-9,13-14,19,22H,2-3,7,10-12,15-16H2,1H3,(H,27,30). The Morgan fingerprint density at radius 3 is 2.83 bits per heavy atom. The van der Waals surface area contributed by atoms with Crippen molar-refractivity contribution in [3.8, 4) is 11.3 Å². The van der Waals surface area contributed by atoms with Crippen molar-refractivity contribution >= 4 is 15.9 Å². The third-order valence-electron chi connectivity index (χ3n) is 6.96. The molecule has 4 heterocycles. The Bertz CT molecular complexity index is 1190. The number of benzene rings is 1. The largest absolute Gasteiger partial charge is 0.350 e. The number of nitrogens with one attached hydrogen (secondary N) is 1. The van der Waals surface area contributed by atoms with Crippen molar-refractivity contribution in [3.63, 3.8) is 0 Å². The molecule has 35 heavy (non-hydrogen) atoms. The van der Waals surface area contributed by atoms with E-state index in [1.54, 1.807) is 18.2 Å². The molecule has 2 aromatic rings. The molecule has 3 saturated heterocycles. The van der Waals surface area contributed by atoms with E-state index in [9.17, 15) is 17.6 Å². The average molecular weight is 505 g/mol. The molecule has 1 aromatic carbocycles. The number of carbonyl (C=O) groups excluding carboxylic acids is 1. The SMILES string of the molecule is CN1CC2CCC(C(=O)NOC3CCCCO3)(C1)N2S(=O)(=O)c1ccc(-c2cccc(F)c2)nc1. The second-order valence-corrected chi connectivity index (χ2v) is 11.3. The quantitative estimate of drug-likeness (QED) is 0.603. The minimum atomic E-state index is -4.05. The van der Waals surface area contributed by atoms with Crippen molar-refractivity contribution < 1.29 is 27.2 Å². The van der Waals surface area contributed by atoms with Gasteiger partial charge >= 0.3 is 0 Å². The van der Waals surface area contributed by atoms with Crippen molar-refractivity contribution in [2.75, 3.05) is 26.7 Å². The number of amides is 1. The van der Waals surface area contributed by atoms with E-state index >= 15 is 0 Å². The van der Waals surface area contributed by atoms with Gasteiger partial charge in [-0.2, -0.15) is 4.31 Å². The molecule has 3 unspecified atom stereocenters. The molecule has 2 bridgehead atoms. The number of carbonyl (C=O) groups is 1. The molecule has 1 aromatic heterocycles. The summed E-state index contributed by atoms with van der Waals surface area (Å²) in [6.45, 7) is 1.34. The molecule has 0 saturated carbocycles. The molecule has 188 valence electrons. The predicted molar refractivity (Wildman–Crippen MR) is 125 cm³/mol. The van der Waals surface area contributed by atoms with E-state index in [0.29, 0.717) is 43.7 Å². The van der Waals surface area contributed by atoms with Gasteiger partial charge in [-0.05, 0) is 57.0 Å². The molecular formula is C24H29FN4O5S. The Morgan fingerprint density at radius 1 is 1.26 bits per heavy atom. The predicted octanol–water partition coefficient (Wildman–Crippen LogP) is 2.30. The van der Waals surface area contributed by atoms with E-state index in [1.807, 2.05) is 11.9 Å². The summed E-state index contributed by atoms with van der Waals surface area (Å²) in [5.74, 6) is -0.891. The van der Waals surface area contributed by atoms with Gasteiger partial charge in [-0.3, -0.25) is 9.78 Å². The number of ether oxygens (including phenoxy) is 1. The number of hydroxylamine groups is 1. The summed E-state index contributed by atoms with van der Waals surface area (Å²) >= 11 is 0. The Labute approximate surface area is 204 Å². The van der Waals surface area contributed by atoms with E-state index in [0.717, 1.165) is 12.8 Å². The van der Waals surface area contributed by atoms with Crippen LogP contribution in [0.5, 0.6) is 0 Å². The Kier molecular flexibility index (Phi) is 6.62. The van der Waals surface area contributed by atoms with Crippen LogP contribution in [0, 0.1) is 5.82 Å². The highest BCUT2D eigenvalue weighted by Crippen LogP contribution is 2.43. The summed E-state index contributed by atoms with van der Waals surface area (Å²) < 4.78 is 48.1. The average Bonchev–Trinajstić information content (AvgIpc) is 3.13. The van der Waals surface area contributed by atoms with Crippen LogP contribution in [0.1, 0.15) is 32.1 Å². The van der Waals surface area contributed by atoms with Gasteiger partial charge in [0.1, 0.15) is 16.3 Å². The molecule has 3 atom stereocenters. The summed E-state index contributed by atoms with van der Waals surface area (Å²) in [4.78, 5) is 25.2. The van der Waals surface area contributed by atoms with Gasteiger partial charge in [0.05, 0.1) is 5.69 Å². The van der Waals surface area contributed by atoms with Crippen LogP contribution in [0.25, 0.3) is 11.3 Å². The van der Waals surface area contributed by atoms with Crippen LogP contribution < -0.4 is 5.48 Å². The number of halogens is 1. The first-order valence-electron chi connectivity index (χ1n) is 11.8. The second kappa shape index (κ2) is 9.55. The van der Waals surface area contributed by atoms with Crippen LogP contribution in [0.4, 0.5) is 4.39 Å². The number of nitrogens with zero attached hydrogens (tertiary/aromatic N) is 3. The first-order valence-corrected chi connectivity index (χ1v) is 13.3. The van der Waals surface area contributed by atoms with Crippen LogP contribution in [-0.2, 0) is 24.4 Å². The lowest BCUT2D eigenvalue weighted by Crippen LogP contribution is -2.68. The third kappa shape index (κ3) is 4.58. The van der Waals surface area contributed by atoms with Crippen LogP contribution in [0.15, 0.2) is 47.5 Å². The van der Waals surface area contributed by atoms with E-state index in [1.165, 1.54) is 28.7 Å². The number of hydrogen-bond donors (Lipinski definition) is 1. The van der Waals surface area contributed by atoms with Crippen LogP contribution in [-0.4, -0.2) is 73.1 Å². The van der Waals surface area contributed by atoms with Crippen molar-refractivity contribution in [2.24, 2.45) is 0 Å². The van der Waals surface area contributed by atoms with Crippen molar-refractivity contribution in [3.05, 3.63) is 48.4 Å². The highest BCUT2D eigenvalue weighted by atomic mass is 32.2. The monoisotopic (exact) mass is 504 g/mol. The fourth-order valence-electron chi connectivity index (χ4n) is 5.36. The number of piperazine rings is 1. The molecule has 1 amide bonds. The maximum Gasteiger partial charge on any atom is 0.266 e. The topological polar surface area (TPSA) is 101 Å². The van der Waals surface area contributed by atoms with Crippen LogP contribution in [0.3, 0.4) is 0 Å². The minimum Gasteiger partial charge on any atom is -0.350 e. The van der Waals surface area contributed by atoms with Crippen molar-refractivity contribution in [2.45, 2.75) is 54.9 Å². The van der Waals surface area contributed by atoms with Gasteiger partial charge in [0.25, 0.3) is 5.91 Å².